The Morgan fingerprint density at radius 3 is 2.35 bits per heavy atom. The number of carbonyl (C=O) groups excluding carboxylic acids is 1. The second-order valence-electron chi connectivity index (χ2n) is 6.12. The van der Waals surface area contributed by atoms with E-state index in [1.165, 1.54) is 23.9 Å². The van der Waals surface area contributed by atoms with Gasteiger partial charge in [-0.1, -0.05) is 12.1 Å². The van der Waals surface area contributed by atoms with E-state index in [2.05, 4.69) is 5.32 Å². The number of carbonyl (C=O) groups is 1. The summed E-state index contributed by atoms with van der Waals surface area (Å²) in [6, 6.07) is 6.35. The summed E-state index contributed by atoms with van der Waals surface area (Å²) in [6.45, 7) is 5.14. The van der Waals surface area contributed by atoms with Crippen LogP contribution in [0.3, 0.4) is 0 Å². The summed E-state index contributed by atoms with van der Waals surface area (Å²) in [4.78, 5) is 12.2. The molecule has 0 aliphatic rings. The SMILES string of the molecule is CSCC(C)(O)CNC(=O)Cc1ccc(S(=O)(=O)C(C)C)cc1. The van der Waals surface area contributed by atoms with Crippen molar-refractivity contribution >= 4 is 27.5 Å². The molecule has 0 bridgehead atoms. The number of thioether (sulfide) groups is 1. The van der Waals surface area contributed by atoms with Crippen LogP contribution in [0.15, 0.2) is 29.2 Å². The van der Waals surface area contributed by atoms with E-state index < -0.39 is 20.7 Å². The zero-order chi connectivity index (χ0) is 17.7. The fraction of sp³-hybridized carbons (Fsp3) is 0.562. The molecule has 0 fully saturated rings. The zero-order valence-corrected chi connectivity index (χ0v) is 15.6. The Balaban J connectivity index is 2.64. The van der Waals surface area contributed by atoms with Gasteiger partial charge in [-0.15, -0.1) is 0 Å². The normalized spacial score (nSPS) is 14.5. The monoisotopic (exact) mass is 359 g/mol. The number of benzene rings is 1. The van der Waals surface area contributed by atoms with Crippen molar-refractivity contribution in [2.75, 3.05) is 18.6 Å². The third kappa shape index (κ3) is 6.16. The summed E-state index contributed by atoms with van der Waals surface area (Å²) in [5.41, 5.74) is -0.209. The van der Waals surface area contributed by atoms with Crippen LogP contribution >= 0.6 is 11.8 Å². The number of nitrogens with one attached hydrogen (secondary N) is 1. The Hall–Kier alpha value is -1.05. The highest BCUT2D eigenvalue weighted by atomic mass is 32.2. The molecule has 2 N–H and O–H groups in total. The summed E-state index contributed by atoms with van der Waals surface area (Å²) in [7, 11) is -3.29. The van der Waals surface area contributed by atoms with Crippen molar-refractivity contribution in [1.29, 1.82) is 0 Å². The number of aliphatic hydroxyl groups is 1. The maximum absolute atomic E-state index is 12.0. The van der Waals surface area contributed by atoms with Gasteiger partial charge in [-0.25, -0.2) is 8.42 Å². The van der Waals surface area contributed by atoms with E-state index in [0.29, 0.717) is 5.75 Å². The van der Waals surface area contributed by atoms with Gasteiger partial charge in [-0.05, 0) is 44.7 Å². The molecule has 0 spiro atoms. The smallest absolute Gasteiger partial charge is 0.224 e. The average molecular weight is 360 g/mol. The Bertz CT molecular complexity index is 622. The first-order valence-electron chi connectivity index (χ1n) is 7.39. The van der Waals surface area contributed by atoms with Gasteiger partial charge in [0.15, 0.2) is 9.84 Å². The molecule has 7 heteroatoms. The largest absolute Gasteiger partial charge is 0.387 e. The predicted octanol–water partition coefficient (Wildman–Crippen LogP) is 1.64. The minimum Gasteiger partial charge on any atom is -0.387 e. The lowest BCUT2D eigenvalue weighted by atomic mass is 10.1. The predicted molar refractivity (Wildman–Crippen MR) is 94.5 cm³/mol. The quantitative estimate of drug-likeness (QED) is 0.737. The third-order valence-electron chi connectivity index (χ3n) is 3.36. The second-order valence-corrected chi connectivity index (χ2v) is 9.49. The fourth-order valence-corrected chi connectivity index (χ4v) is 3.75. The van der Waals surface area contributed by atoms with Crippen molar-refractivity contribution in [3.05, 3.63) is 29.8 Å². The van der Waals surface area contributed by atoms with Crippen molar-refractivity contribution in [3.8, 4) is 0 Å². The maximum atomic E-state index is 12.0. The molecule has 1 rings (SSSR count). The highest BCUT2D eigenvalue weighted by Gasteiger charge is 2.21. The summed E-state index contributed by atoms with van der Waals surface area (Å²) in [5, 5.41) is 12.2. The average Bonchev–Trinajstić information content (AvgIpc) is 2.45. The first-order valence-corrected chi connectivity index (χ1v) is 10.3. The molecule has 1 aromatic rings. The lowest BCUT2D eigenvalue weighted by Crippen LogP contribution is -2.42. The Kier molecular flexibility index (Phi) is 7.10. The summed E-state index contributed by atoms with van der Waals surface area (Å²) in [5.74, 6) is 0.334. The Morgan fingerprint density at radius 2 is 1.87 bits per heavy atom. The van der Waals surface area contributed by atoms with Crippen LogP contribution in [-0.2, 0) is 21.1 Å². The number of hydrogen-bond acceptors (Lipinski definition) is 5. The molecular formula is C16H25NO4S2. The van der Waals surface area contributed by atoms with E-state index >= 15 is 0 Å². The van der Waals surface area contributed by atoms with Gasteiger partial charge < -0.3 is 10.4 Å². The van der Waals surface area contributed by atoms with Crippen molar-refractivity contribution in [3.63, 3.8) is 0 Å². The Morgan fingerprint density at radius 1 is 1.30 bits per heavy atom. The lowest BCUT2D eigenvalue weighted by Gasteiger charge is -2.22. The lowest BCUT2D eigenvalue weighted by molar-refractivity contribution is -0.121. The molecular weight excluding hydrogens is 334 g/mol. The highest BCUT2D eigenvalue weighted by molar-refractivity contribution is 7.98. The summed E-state index contributed by atoms with van der Waals surface area (Å²) >= 11 is 1.51. The number of rotatable bonds is 8. The molecule has 1 amide bonds. The minimum atomic E-state index is -3.29. The molecule has 5 nitrogen and oxygen atoms in total. The molecule has 0 aliphatic heterocycles. The van der Waals surface area contributed by atoms with Gasteiger partial charge in [0.25, 0.3) is 0 Å². The molecule has 1 atom stereocenters. The molecule has 0 aliphatic carbocycles. The van der Waals surface area contributed by atoms with Gasteiger partial charge in [0.1, 0.15) is 0 Å². The van der Waals surface area contributed by atoms with Crippen LogP contribution in [0.2, 0.25) is 0 Å². The second kappa shape index (κ2) is 8.17. The van der Waals surface area contributed by atoms with Crippen LogP contribution in [0.5, 0.6) is 0 Å². The van der Waals surface area contributed by atoms with E-state index in [4.69, 9.17) is 0 Å². The van der Waals surface area contributed by atoms with Crippen molar-refractivity contribution < 1.29 is 18.3 Å². The Labute approximate surface area is 142 Å². The molecule has 1 aromatic carbocycles. The van der Waals surface area contributed by atoms with Crippen LogP contribution in [0.25, 0.3) is 0 Å². The summed E-state index contributed by atoms with van der Waals surface area (Å²) < 4.78 is 24.1. The highest BCUT2D eigenvalue weighted by Crippen LogP contribution is 2.16. The van der Waals surface area contributed by atoms with Crippen LogP contribution in [0.4, 0.5) is 0 Å². The topological polar surface area (TPSA) is 83.5 Å². The minimum absolute atomic E-state index is 0.150. The molecule has 130 valence electrons. The van der Waals surface area contributed by atoms with Crippen LogP contribution in [0.1, 0.15) is 26.3 Å². The standard InChI is InChI=1S/C16H25NO4S2/c1-12(2)23(20,21)14-7-5-13(6-8-14)9-15(18)17-10-16(3,19)11-22-4/h5-8,12,19H,9-11H2,1-4H3,(H,17,18). The molecule has 0 heterocycles. The van der Waals surface area contributed by atoms with Gasteiger partial charge in [0.05, 0.1) is 22.2 Å². The summed E-state index contributed by atoms with van der Waals surface area (Å²) in [6.07, 6.45) is 2.04. The van der Waals surface area contributed by atoms with Gasteiger partial charge in [0.2, 0.25) is 5.91 Å². The van der Waals surface area contributed by atoms with Crippen molar-refractivity contribution in [2.24, 2.45) is 0 Å². The van der Waals surface area contributed by atoms with Crippen LogP contribution < -0.4 is 5.32 Å². The van der Waals surface area contributed by atoms with E-state index in [0.717, 1.165) is 5.56 Å². The van der Waals surface area contributed by atoms with Crippen LogP contribution in [0, 0.1) is 0 Å². The molecule has 0 aromatic heterocycles. The molecule has 0 saturated heterocycles. The van der Waals surface area contributed by atoms with Gasteiger partial charge in [0, 0.05) is 12.3 Å². The van der Waals surface area contributed by atoms with Gasteiger partial charge in [-0.2, -0.15) is 11.8 Å². The van der Waals surface area contributed by atoms with E-state index in [1.807, 2.05) is 6.26 Å². The number of amides is 1. The third-order valence-corrected chi connectivity index (χ3v) is 6.44. The first-order chi connectivity index (χ1) is 10.6. The first kappa shape index (κ1) is 20.0. The molecule has 1 unspecified atom stereocenters. The van der Waals surface area contributed by atoms with Gasteiger partial charge >= 0.3 is 0 Å². The fourth-order valence-electron chi connectivity index (χ4n) is 1.97. The zero-order valence-electron chi connectivity index (χ0n) is 14.0. The van der Waals surface area contributed by atoms with Crippen LogP contribution in [-0.4, -0.2) is 48.8 Å². The number of sulfone groups is 1. The van der Waals surface area contributed by atoms with E-state index in [9.17, 15) is 18.3 Å². The maximum Gasteiger partial charge on any atom is 0.224 e. The van der Waals surface area contributed by atoms with Crippen molar-refractivity contribution in [1.82, 2.24) is 5.32 Å². The van der Waals surface area contributed by atoms with Crippen molar-refractivity contribution in [2.45, 2.75) is 42.9 Å². The number of hydrogen-bond donors (Lipinski definition) is 2. The molecule has 0 saturated carbocycles. The molecule has 23 heavy (non-hydrogen) atoms. The van der Waals surface area contributed by atoms with E-state index in [-0.39, 0.29) is 23.8 Å². The van der Waals surface area contributed by atoms with Gasteiger partial charge in [-0.3, -0.25) is 4.79 Å². The molecule has 0 radical (unpaired) electrons. The van der Waals surface area contributed by atoms with E-state index in [1.54, 1.807) is 32.9 Å².